The number of rotatable bonds is 1. The van der Waals surface area contributed by atoms with Crippen molar-refractivity contribution in [3.05, 3.63) is 24.8 Å². The normalized spacial score (nSPS) is 39.6. The molecule has 0 bridgehead atoms. The fourth-order valence-corrected chi connectivity index (χ4v) is 1.17. The second-order valence-electron chi connectivity index (χ2n) is 3.15. The Morgan fingerprint density at radius 3 is 2.90 bits per heavy atom. The Morgan fingerprint density at radius 2 is 2.50 bits per heavy atom. The second-order valence-corrected chi connectivity index (χ2v) is 3.15. The van der Waals surface area contributed by atoms with Crippen molar-refractivity contribution >= 4 is 0 Å². The van der Waals surface area contributed by atoms with Crippen molar-refractivity contribution in [3.63, 3.8) is 0 Å². The average Bonchev–Trinajstić information content (AvgIpc) is 1.88. The molecule has 0 aromatic carbocycles. The third-order valence-corrected chi connectivity index (χ3v) is 1.99. The minimum Gasteiger partial charge on any atom is -0.386 e. The molecule has 0 unspecified atom stereocenters. The van der Waals surface area contributed by atoms with Gasteiger partial charge in [0.25, 0.3) is 0 Å². The van der Waals surface area contributed by atoms with Crippen LogP contribution in [-0.2, 0) is 0 Å². The predicted octanol–water partition coefficient (Wildman–Crippen LogP) is 1.89. The Morgan fingerprint density at radius 1 is 1.80 bits per heavy atom. The molecule has 0 aromatic rings. The largest absolute Gasteiger partial charge is 0.386 e. The quantitative estimate of drug-likeness (QED) is 0.548. The molecular formula is C9H14O. The van der Waals surface area contributed by atoms with Crippen LogP contribution in [0.1, 0.15) is 19.8 Å². The Hall–Kier alpha value is -0.560. The molecule has 56 valence electrons. The summed E-state index contributed by atoms with van der Waals surface area (Å²) >= 11 is 0. The van der Waals surface area contributed by atoms with Crippen LogP contribution in [0.2, 0.25) is 0 Å². The number of hydrogen-bond donors (Lipinski definition) is 1. The first-order valence-corrected chi connectivity index (χ1v) is 3.68. The maximum absolute atomic E-state index is 9.47. The lowest BCUT2D eigenvalue weighted by Crippen LogP contribution is -2.24. The Bertz CT molecular complexity index is 156. The second kappa shape index (κ2) is 2.59. The monoisotopic (exact) mass is 138 g/mol. The van der Waals surface area contributed by atoms with Crippen molar-refractivity contribution in [1.82, 2.24) is 0 Å². The fraction of sp³-hybridized carbons (Fsp3) is 0.556. The van der Waals surface area contributed by atoms with E-state index in [1.807, 2.05) is 25.2 Å². The maximum atomic E-state index is 9.47. The van der Waals surface area contributed by atoms with Crippen molar-refractivity contribution in [2.75, 3.05) is 0 Å². The third kappa shape index (κ3) is 1.71. The van der Waals surface area contributed by atoms with E-state index in [4.69, 9.17) is 0 Å². The molecule has 0 spiro atoms. The van der Waals surface area contributed by atoms with Crippen molar-refractivity contribution < 1.29 is 5.11 Å². The van der Waals surface area contributed by atoms with Gasteiger partial charge in [-0.25, -0.2) is 0 Å². The molecule has 0 aromatic heterocycles. The molecule has 0 saturated carbocycles. The van der Waals surface area contributed by atoms with Crippen LogP contribution in [0, 0.1) is 5.92 Å². The highest BCUT2D eigenvalue weighted by molar-refractivity contribution is 5.09. The molecule has 2 atom stereocenters. The Labute approximate surface area is 62.1 Å². The van der Waals surface area contributed by atoms with E-state index in [0.29, 0.717) is 5.92 Å². The summed E-state index contributed by atoms with van der Waals surface area (Å²) in [5.74, 6) is 0.472. The molecule has 1 aliphatic rings. The zero-order valence-electron chi connectivity index (χ0n) is 6.38. The first-order chi connectivity index (χ1) is 4.64. The van der Waals surface area contributed by atoms with Crippen LogP contribution < -0.4 is 0 Å². The maximum Gasteiger partial charge on any atom is 0.0800 e. The summed E-state index contributed by atoms with van der Waals surface area (Å²) in [4.78, 5) is 0. The van der Waals surface area contributed by atoms with E-state index >= 15 is 0 Å². The van der Waals surface area contributed by atoms with E-state index in [0.717, 1.165) is 12.8 Å². The molecule has 0 radical (unpaired) electrons. The zero-order chi connectivity index (χ0) is 7.61. The van der Waals surface area contributed by atoms with Crippen LogP contribution in [0.15, 0.2) is 24.8 Å². The molecule has 1 nitrogen and oxygen atoms in total. The average molecular weight is 138 g/mol. The van der Waals surface area contributed by atoms with E-state index in [1.54, 1.807) is 0 Å². The molecule has 0 heterocycles. The van der Waals surface area contributed by atoms with E-state index in [-0.39, 0.29) is 0 Å². The molecule has 0 amide bonds. The molecule has 0 saturated heterocycles. The van der Waals surface area contributed by atoms with E-state index in [1.165, 1.54) is 0 Å². The Kier molecular flexibility index (Phi) is 1.95. The fourth-order valence-electron chi connectivity index (χ4n) is 1.17. The van der Waals surface area contributed by atoms with Gasteiger partial charge in [0.2, 0.25) is 0 Å². The summed E-state index contributed by atoms with van der Waals surface area (Å²) in [6.07, 6.45) is 7.68. The minimum atomic E-state index is -0.570. The molecule has 1 rings (SSSR count). The summed E-state index contributed by atoms with van der Waals surface area (Å²) in [5, 5.41) is 9.47. The van der Waals surface area contributed by atoms with Gasteiger partial charge in [0.15, 0.2) is 0 Å². The van der Waals surface area contributed by atoms with Crippen LogP contribution in [0.25, 0.3) is 0 Å². The zero-order valence-corrected chi connectivity index (χ0v) is 6.38. The van der Waals surface area contributed by atoms with E-state index in [9.17, 15) is 5.11 Å². The van der Waals surface area contributed by atoms with Crippen molar-refractivity contribution in [2.45, 2.75) is 25.4 Å². The smallest absolute Gasteiger partial charge is 0.0800 e. The van der Waals surface area contributed by atoms with Gasteiger partial charge in [-0.05, 0) is 25.7 Å². The summed E-state index contributed by atoms with van der Waals surface area (Å²) in [6.45, 7) is 5.54. The van der Waals surface area contributed by atoms with E-state index < -0.39 is 5.60 Å². The topological polar surface area (TPSA) is 20.2 Å². The highest BCUT2D eigenvalue weighted by Crippen LogP contribution is 2.25. The first kappa shape index (κ1) is 7.55. The van der Waals surface area contributed by atoms with Gasteiger partial charge in [-0.1, -0.05) is 18.2 Å². The number of aliphatic hydroxyl groups is 1. The SMILES string of the molecule is C=C[C@H]1C=C[C@@](C)(O)CC1. The van der Waals surface area contributed by atoms with Crippen molar-refractivity contribution in [2.24, 2.45) is 5.92 Å². The molecule has 0 aliphatic heterocycles. The molecule has 0 fully saturated rings. The van der Waals surface area contributed by atoms with Crippen LogP contribution in [0.5, 0.6) is 0 Å². The summed E-state index contributed by atoms with van der Waals surface area (Å²) in [6, 6.07) is 0. The van der Waals surface area contributed by atoms with Gasteiger partial charge in [-0.2, -0.15) is 0 Å². The highest BCUT2D eigenvalue weighted by Gasteiger charge is 2.21. The summed E-state index contributed by atoms with van der Waals surface area (Å²) in [5.41, 5.74) is -0.570. The number of hydrogen-bond acceptors (Lipinski definition) is 1. The van der Waals surface area contributed by atoms with Gasteiger partial charge in [-0.15, -0.1) is 6.58 Å². The summed E-state index contributed by atoms with van der Waals surface area (Å²) < 4.78 is 0. The predicted molar refractivity (Wildman–Crippen MR) is 42.7 cm³/mol. The molecule has 10 heavy (non-hydrogen) atoms. The first-order valence-electron chi connectivity index (χ1n) is 3.68. The Balaban J connectivity index is 2.60. The minimum absolute atomic E-state index is 0.472. The van der Waals surface area contributed by atoms with Gasteiger partial charge in [-0.3, -0.25) is 0 Å². The molecule has 1 heteroatoms. The highest BCUT2D eigenvalue weighted by atomic mass is 16.3. The lowest BCUT2D eigenvalue weighted by Gasteiger charge is -2.25. The summed E-state index contributed by atoms with van der Waals surface area (Å²) in [7, 11) is 0. The molecule has 1 aliphatic carbocycles. The van der Waals surface area contributed by atoms with E-state index in [2.05, 4.69) is 6.58 Å². The third-order valence-electron chi connectivity index (χ3n) is 1.99. The van der Waals surface area contributed by atoms with Gasteiger partial charge in [0, 0.05) is 0 Å². The van der Waals surface area contributed by atoms with Crippen LogP contribution in [-0.4, -0.2) is 10.7 Å². The van der Waals surface area contributed by atoms with Crippen LogP contribution in [0.4, 0.5) is 0 Å². The van der Waals surface area contributed by atoms with Gasteiger partial charge < -0.3 is 5.11 Å². The van der Waals surface area contributed by atoms with Crippen LogP contribution in [0.3, 0.4) is 0 Å². The van der Waals surface area contributed by atoms with Crippen molar-refractivity contribution in [1.29, 1.82) is 0 Å². The lowest BCUT2D eigenvalue weighted by atomic mass is 9.87. The van der Waals surface area contributed by atoms with Crippen LogP contribution >= 0.6 is 0 Å². The standard InChI is InChI=1S/C9H14O/c1-3-8-4-6-9(2,10)7-5-8/h3-4,6,8,10H,1,5,7H2,2H3/t8-,9+/m0/s1. The molecular weight excluding hydrogens is 124 g/mol. The van der Waals surface area contributed by atoms with Gasteiger partial charge in [0.05, 0.1) is 5.60 Å². The lowest BCUT2D eigenvalue weighted by molar-refractivity contribution is 0.0909. The number of allylic oxidation sites excluding steroid dienone is 2. The van der Waals surface area contributed by atoms with Crippen molar-refractivity contribution in [3.8, 4) is 0 Å². The van der Waals surface area contributed by atoms with Gasteiger partial charge in [0.1, 0.15) is 0 Å². The van der Waals surface area contributed by atoms with Gasteiger partial charge >= 0.3 is 0 Å². The molecule has 1 N–H and O–H groups in total.